The normalized spacial score (nSPS) is 38.8. The molecule has 2 aliphatic heterocycles. The molecular formula is C10H20N2. The minimum atomic E-state index is 0.505. The van der Waals surface area contributed by atoms with Gasteiger partial charge in [0.25, 0.3) is 0 Å². The molecule has 2 rings (SSSR count). The molecule has 1 N–H and O–H groups in total. The largest absolute Gasteiger partial charge is 0.310 e. The third kappa shape index (κ3) is 1.64. The number of nitrogens with one attached hydrogen (secondary N) is 1. The van der Waals surface area contributed by atoms with Crippen molar-refractivity contribution in [3.8, 4) is 0 Å². The number of nitrogens with zero attached hydrogens (tertiary/aromatic N) is 1. The molecule has 0 saturated carbocycles. The highest BCUT2D eigenvalue weighted by Gasteiger charge is 2.34. The zero-order valence-corrected chi connectivity index (χ0v) is 8.10. The van der Waals surface area contributed by atoms with E-state index in [1.807, 2.05) is 0 Å². The first-order valence-corrected chi connectivity index (χ1v) is 5.24. The summed E-state index contributed by atoms with van der Waals surface area (Å²) < 4.78 is 0. The van der Waals surface area contributed by atoms with Crippen LogP contribution in [0.1, 0.15) is 32.1 Å². The molecule has 2 heterocycles. The number of hydrogen-bond donors (Lipinski definition) is 1. The minimum Gasteiger partial charge on any atom is -0.310 e. The maximum absolute atomic E-state index is 3.72. The van der Waals surface area contributed by atoms with Gasteiger partial charge in [0.05, 0.1) is 0 Å². The summed E-state index contributed by atoms with van der Waals surface area (Å²) in [5.41, 5.74) is 0.505. The molecule has 0 radical (unpaired) electrons. The molecule has 1 spiro atoms. The van der Waals surface area contributed by atoms with Crippen molar-refractivity contribution in [3.63, 3.8) is 0 Å². The quantitative estimate of drug-likeness (QED) is 0.585. The van der Waals surface area contributed by atoms with E-state index in [1.54, 1.807) is 0 Å². The van der Waals surface area contributed by atoms with Gasteiger partial charge in [-0.1, -0.05) is 6.42 Å². The highest BCUT2D eigenvalue weighted by Crippen LogP contribution is 2.28. The minimum absolute atomic E-state index is 0.505. The van der Waals surface area contributed by atoms with Crippen molar-refractivity contribution in [1.29, 1.82) is 0 Å². The van der Waals surface area contributed by atoms with Crippen molar-refractivity contribution in [2.24, 2.45) is 0 Å². The molecule has 2 saturated heterocycles. The Morgan fingerprint density at radius 3 is 2.67 bits per heavy atom. The second-order valence-corrected chi connectivity index (χ2v) is 4.51. The van der Waals surface area contributed by atoms with Crippen LogP contribution in [0.15, 0.2) is 0 Å². The Labute approximate surface area is 75.3 Å². The van der Waals surface area contributed by atoms with Crippen LogP contribution in [-0.2, 0) is 0 Å². The highest BCUT2D eigenvalue weighted by atomic mass is 15.2. The molecular weight excluding hydrogens is 148 g/mol. The van der Waals surface area contributed by atoms with E-state index in [9.17, 15) is 0 Å². The molecule has 2 nitrogen and oxygen atoms in total. The van der Waals surface area contributed by atoms with E-state index >= 15 is 0 Å². The topological polar surface area (TPSA) is 15.3 Å². The Balaban J connectivity index is 1.97. The number of likely N-dealkylation sites (N-methyl/N-ethyl adjacent to an activating group) is 1. The lowest BCUT2D eigenvalue weighted by Crippen LogP contribution is -2.57. The van der Waals surface area contributed by atoms with E-state index in [2.05, 4.69) is 17.3 Å². The molecule has 2 aliphatic rings. The SMILES string of the molecule is CN1CCCC2(CCCCN2)C1. The summed E-state index contributed by atoms with van der Waals surface area (Å²) in [7, 11) is 2.25. The van der Waals surface area contributed by atoms with Gasteiger partial charge in [-0.15, -0.1) is 0 Å². The first-order chi connectivity index (χ1) is 5.81. The molecule has 0 aromatic carbocycles. The molecule has 70 valence electrons. The average Bonchev–Trinajstić information content (AvgIpc) is 2.05. The van der Waals surface area contributed by atoms with Gasteiger partial charge in [-0.3, -0.25) is 0 Å². The molecule has 0 aromatic heterocycles. The van der Waals surface area contributed by atoms with Crippen LogP contribution in [0.25, 0.3) is 0 Å². The van der Waals surface area contributed by atoms with E-state index in [4.69, 9.17) is 0 Å². The molecule has 0 bridgehead atoms. The molecule has 2 fully saturated rings. The first-order valence-electron chi connectivity index (χ1n) is 5.24. The Bertz CT molecular complexity index is 144. The zero-order chi connectivity index (χ0) is 8.44. The average molecular weight is 168 g/mol. The van der Waals surface area contributed by atoms with Crippen LogP contribution in [0.2, 0.25) is 0 Å². The van der Waals surface area contributed by atoms with Crippen LogP contribution in [-0.4, -0.2) is 37.1 Å². The standard InChI is InChI=1S/C10H20N2/c1-12-8-4-6-10(9-12)5-2-3-7-11-10/h11H,2-9H2,1H3. The Morgan fingerprint density at radius 2 is 2.00 bits per heavy atom. The van der Waals surface area contributed by atoms with Crippen LogP contribution in [0.4, 0.5) is 0 Å². The Kier molecular flexibility index (Phi) is 2.37. The molecule has 1 unspecified atom stereocenters. The number of hydrogen-bond acceptors (Lipinski definition) is 2. The highest BCUT2D eigenvalue weighted by molar-refractivity contribution is 4.95. The van der Waals surface area contributed by atoms with Crippen molar-refractivity contribution in [3.05, 3.63) is 0 Å². The van der Waals surface area contributed by atoms with Crippen molar-refractivity contribution in [1.82, 2.24) is 10.2 Å². The number of piperidine rings is 2. The summed E-state index contributed by atoms with van der Waals surface area (Å²) in [6, 6.07) is 0. The lowest BCUT2D eigenvalue weighted by atomic mass is 9.82. The third-order valence-electron chi connectivity index (χ3n) is 3.35. The maximum atomic E-state index is 3.72. The van der Waals surface area contributed by atoms with Gasteiger partial charge in [0.15, 0.2) is 0 Å². The van der Waals surface area contributed by atoms with E-state index in [0.29, 0.717) is 5.54 Å². The predicted molar refractivity (Wildman–Crippen MR) is 51.3 cm³/mol. The van der Waals surface area contributed by atoms with Gasteiger partial charge in [-0.05, 0) is 45.8 Å². The molecule has 0 aliphatic carbocycles. The monoisotopic (exact) mass is 168 g/mol. The summed E-state index contributed by atoms with van der Waals surface area (Å²) in [6.07, 6.45) is 6.99. The summed E-state index contributed by atoms with van der Waals surface area (Å²) in [4.78, 5) is 2.47. The summed E-state index contributed by atoms with van der Waals surface area (Å²) in [6.45, 7) is 3.81. The number of likely N-dealkylation sites (tertiary alicyclic amines) is 1. The van der Waals surface area contributed by atoms with Crippen molar-refractivity contribution in [2.75, 3.05) is 26.7 Å². The number of rotatable bonds is 0. The predicted octanol–water partition coefficient (Wildman–Crippen LogP) is 1.22. The summed E-state index contributed by atoms with van der Waals surface area (Å²) in [5.74, 6) is 0. The van der Waals surface area contributed by atoms with Crippen molar-refractivity contribution >= 4 is 0 Å². The van der Waals surface area contributed by atoms with Gasteiger partial charge in [-0.25, -0.2) is 0 Å². The Hall–Kier alpha value is -0.0800. The van der Waals surface area contributed by atoms with E-state index < -0.39 is 0 Å². The first kappa shape index (κ1) is 8.52. The third-order valence-corrected chi connectivity index (χ3v) is 3.35. The lowest BCUT2D eigenvalue weighted by molar-refractivity contribution is 0.118. The molecule has 0 amide bonds. The van der Waals surface area contributed by atoms with Gasteiger partial charge in [0.1, 0.15) is 0 Å². The van der Waals surface area contributed by atoms with Gasteiger partial charge >= 0.3 is 0 Å². The second-order valence-electron chi connectivity index (χ2n) is 4.51. The molecule has 12 heavy (non-hydrogen) atoms. The van der Waals surface area contributed by atoms with Gasteiger partial charge < -0.3 is 10.2 Å². The zero-order valence-electron chi connectivity index (χ0n) is 8.10. The van der Waals surface area contributed by atoms with Crippen LogP contribution >= 0.6 is 0 Å². The van der Waals surface area contributed by atoms with Gasteiger partial charge in [-0.2, -0.15) is 0 Å². The van der Waals surface area contributed by atoms with Crippen LogP contribution in [0.5, 0.6) is 0 Å². The Morgan fingerprint density at radius 1 is 1.17 bits per heavy atom. The maximum Gasteiger partial charge on any atom is 0.0309 e. The fraction of sp³-hybridized carbons (Fsp3) is 1.00. The fourth-order valence-corrected chi connectivity index (χ4v) is 2.74. The fourth-order valence-electron chi connectivity index (χ4n) is 2.74. The molecule has 0 aromatic rings. The summed E-state index contributed by atoms with van der Waals surface area (Å²) in [5, 5.41) is 3.72. The molecule has 2 heteroatoms. The van der Waals surface area contributed by atoms with E-state index in [0.717, 1.165) is 0 Å². The van der Waals surface area contributed by atoms with E-state index in [-0.39, 0.29) is 0 Å². The molecule has 1 atom stereocenters. The van der Waals surface area contributed by atoms with E-state index in [1.165, 1.54) is 51.7 Å². The van der Waals surface area contributed by atoms with Crippen LogP contribution < -0.4 is 5.32 Å². The van der Waals surface area contributed by atoms with Crippen LogP contribution in [0.3, 0.4) is 0 Å². The van der Waals surface area contributed by atoms with Crippen LogP contribution in [0, 0.1) is 0 Å². The smallest absolute Gasteiger partial charge is 0.0309 e. The second kappa shape index (κ2) is 3.35. The van der Waals surface area contributed by atoms with Gasteiger partial charge in [0.2, 0.25) is 0 Å². The van der Waals surface area contributed by atoms with Crippen molar-refractivity contribution in [2.45, 2.75) is 37.6 Å². The van der Waals surface area contributed by atoms with Crippen molar-refractivity contribution < 1.29 is 0 Å². The lowest BCUT2D eigenvalue weighted by Gasteiger charge is -2.44. The van der Waals surface area contributed by atoms with Gasteiger partial charge in [0, 0.05) is 12.1 Å². The summed E-state index contributed by atoms with van der Waals surface area (Å²) >= 11 is 0.